The molecule has 0 amide bonds. The van der Waals surface area contributed by atoms with Crippen LogP contribution in [0.15, 0.2) is 24.3 Å². The average molecular weight is 275 g/mol. The number of hydrogen-bond donors (Lipinski definition) is 1. The van der Waals surface area contributed by atoms with Gasteiger partial charge in [-0.3, -0.25) is 4.79 Å². The highest BCUT2D eigenvalue weighted by molar-refractivity contribution is 6.03. The molecule has 1 saturated heterocycles. The molecule has 3 heteroatoms. The van der Waals surface area contributed by atoms with E-state index in [4.69, 9.17) is 4.74 Å². The van der Waals surface area contributed by atoms with Crippen molar-refractivity contribution in [2.45, 2.75) is 40.2 Å². The van der Waals surface area contributed by atoms with Crippen molar-refractivity contribution in [3.8, 4) is 5.75 Å². The highest BCUT2D eigenvalue weighted by atomic mass is 16.5. The number of ether oxygens (including phenoxy) is 1. The number of nitrogens with one attached hydrogen (secondary N) is 1. The molecule has 0 aromatic heterocycles. The van der Waals surface area contributed by atoms with E-state index in [1.165, 1.54) is 0 Å². The lowest BCUT2D eigenvalue weighted by Crippen LogP contribution is -2.38. The van der Waals surface area contributed by atoms with Crippen LogP contribution in [0.3, 0.4) is 0 Å². The van der Waals surface area contributed by atoms with Gasteiger partial charge in [0.2, 0.25) is 0 Å². The van der Waals surface area contributed by atoms with Crippen molar-refractivity contribution in [2.75, 3.05) is 13.1 Å². The van der Waals surface area contributed by atoms with Gasteiger partial charge in [-0.2, -0.15) is 0 Å². The fraction of sp³-hybridized carbons (Fsp3) is 0.588. The molecule has 110 valence electrons. The minimum Gasteiger partial charge on any atom is -0.490 e. The van der Waals surface area contributed by atoms with Crippen LogP contribution in [0.4, 0.5) is 0 Å². The molecule has 3 nitrogen and oxygen atoms in total. The molecule has 1 heterocycles. The molecule has 1 aliphatic heterocycles. The number of ketones is 1. The molecule has 2 rings (SSSR count). The predicted molar refractivity (Wildman–Crippen MR) is 81.3 cm³/mol. The molecule has 0 radical (unpaired) electrons. The van der Waals surface area contributed by atoms with Crippen LogP contribution in [0.1, 0.15) is 44.5 Å². The minimum absolute atomic E-state index is 0.0700. The first-order valence-electron chi connectivity index (χ1n) is 7.48. The SMILES string of the molecule is CC(C)Oc1ccccc1C(=O)C1(C(C)C)CCNC1. The van der Waals surface area contributed by atoms with Gasteiger partial charge in [0.05, 0.1) is 11.7 Å². The van der Waals surface area contributed by atoms with E-state index >= 15 is 0 Å². The summed E-state index contributed by atoms with van der Waals surface area (Å²) in [5, 5.41) is 3.34. The van der Waals surface area contributed by atoms with E-state index in [0.29, 0.717) is 11.7 Å². The molecule has 1 unspecified atom stereocenters. The van der Waals surface area contributed by atoms with Gasteiger partial charge in [-0.1, -0.05) is 26.0 Å². The Morgan fingerprint density at radius 2 is 1.95 bits per heavy atom. The highest BCUT2D eigenvalue weighted by Gasteiger charge is 2.44. The summed E-state index contributed by atoms with van der Waals surface area (Å²) in [6.07, 6.45) is 0.972. The first kappa shape index (κ1) is 15.0. The van der Waals surface area contributed by atoms with Gasteiger partial charge in [0.15, 0.2) is 5.78 Å². The number of carbonyl (C=O) groups excluding carboxylic acids is 1. The summed E-state index contributed by atoms with van der Waals surface area (Å²) < 4.78 is 5.81. The zero-order chi connectivity index (χ0) is 14.8. The summed E-state index contributed by atoms with van der Waals surface area (Å²) >= 11 is 0. The summed E-state index contributed by atoms with van der Waals surface area (Å²) in [5.74, 6) is 1.24. The van der Waals surface area contributed by atoms with Crippen LogP contribution in [0.5, 0.6) is 5.75 Å². The van der Waals surface area contributed by atoms with Crippen LogP contribution in [-0.4, -0.2) is 25.0 Å². The number of carbonyl (C=O) groups is 1. The van der Waals surface area contributed by atoms with Crippen LogP contribution in [0, 0.1) is 11.3 Å². The van der Waals surface area contributed by atoms with E-state index < -0.39 is 0 Å². The van der Waals surface area contributed by atoms with Crippen LogP contribution >= 0.6 is 0 Å². The zero-order valence-electron chi connectivity index (χ0n) is 12.9. The Morgan fingerprint density at radius 3 is 2.50 bits per heavy atom. The minimum atomic E-state index is -0.295. The maximum Gasteiger partial charge on any atom is 0.174 e. The summed E-state index contributed by atoms with van der Waals surface area (Å²) in [6, 6.07) is 7.62. The van der Waals surface area contributed by atoms with Crippen LogP contribution < -0.4 is 10.1 Å². The standard InChI is InChI=1S/C17H25NO2/c1-12(2)17(9-10-18-11-17)16(19)14-7-5-6-8-15(14)20-13(3)4/h5-8,12-13,18H,9-11H2,1-4H3. The van der Waals surface area contributed by atoms with Crippen molar-refractivity contribution >= 4 is 5.78 Å². The largest absolute Gasteiger partial charge is 0.490 e. The van der Waals surface area contributed by atoms with E-state index in [0.717, 1.165) is 25.1 Å². The topological polar surface area (TPSA) is 38.3 Å². The molecule has 20 heavy (non-hydrogen) atoms. The summed E-state index contributed by atoms with van der Waals surface area (Å²) in [7, 11) is 0. The van der Waals surface area contributed by atoms with Gasteiger partial charge in [-0.25, -0.2) is 0 Å². The third-order valence-electron chi connectivity index (χ3n) is 4.24. The molecular weight excluding hydrogens is 250 g/mol. The highest BCUT2D eigenvalue weighted by Crippen LogP contribution is 2.39. The quantitative estimate of drug-likeness (QED) is 0.838. The van der Waals surface area contributed by atoms with Gasteiger partial charge in [0.1, 0.15) is 5.75 Å². The van der Waals surface area contributed by atoms with Gasteiger partial charge in [-0.15, -0.1) is 0 Å². The number of Topliss-reactive ketones (excluding diaryl/α,β-unsaturated/α-hetero) is 1. The lowest BCUT2D eigenvalue weighted by Gasteiger charge is -2.31. The molecule has 1 aromatic rings. The molecule has 0 spiro atoms. The first-order chi connectivity index (χ1) is 9.47. The van der Waals surface area contributed by atoms with Crippen molar-refractivity contribution in [3.63, 3.8) is 0 Å². The van der Waals surface area contributed by atoms with Crippen LogP contribution in [0.2, 0.25) is 0 Å². The molecular formula is C17H25NO2. The van der Waals surface area contributed by atoms with Crippen molar-refractivity contribution < 1.29 is 9.53 Å². The van der Waals surface area contributed by atoms with E-state index in [1.807, 2.05) is 38.1 Å². The number of rotatable bonds is 5. The third-order valence-corrected chi connectivity index (χ3v) is 4.24. The monoisotopic (exact) mass is 275 g/mol. The molecule has 0 aliphatic carbocycles. The van der Waals surface area contributed by atoms with Crippen molar-refractivity contribution in [1.29, 1.82) is 0 Å². The third kappa shape index (κ3) is 2.73. The second-order valence-electron chi connectivity index (χ2n) is 6.23. The Bertz CT molecular complexity index is 474. The molecule has 1 fully saturated rings. The van der Waals surface area contributed by atoms with E-state index in [-0.39, 0.29) is 17.3 Å². The molecule has 0 bridgehead atoms. The molecule has 1 aliphatic rings. The van der Waals surface area contributed by atoms with Gasteiger partial charge in [0.25, 0.3) is 0 Å². The number of benzene rings is 1. The maximum atomic E-state index is 13.1. The van der Waals surface area contributed by atoms with Gasteiger partial charge in [-0.05, 0) is 44.9 Å². The molecule has 1 N–H and O–H groups in total. The summed E-state index contributed by atoms with van der Waals surface area (Å²) in [4.78, 5) is 13.1. The van der Waals surface area contributed by atoms with E-state index in [9.17, 15) is 4.79 Å². The Kier molecular flexibility index (Phi) is 4.48. The summed E-state index contributed by atoms with van der Waals surface area (Å²) in [6.45, 7) is 9.91. The van der Waals surface area contributed by atoms with Gasteiger partial charge < -0.3 is 10.1 Å². The second kappa shape index (κ2) is 5.96. The predicted octanol–water partition coefficient (Wildman–Crippen LogP) is 3.29. The lowest BCUT2D eigenvalue weighted by molar-refractivity contribution is 0.0734. The lowest BCUT2D eigenvalue weighted by atomic mass is 9.71. The Balaban J connectivity index is 2.37. The second-order valence-corrected chi connectivity index (χ2v) is 6.23. The maximum absolute atomic E-state index is 13.1. The van der Waals surface area contributed by atoms with Crippen molar-refractivity contribution in [1.82, 2.24) is 5.32 Å². The van der Waals surface area contributed by atoms with E-state index in [1.54, 1.807) is 0 Å². The zero-order valence-corrected chi connectivity index (χ0v) is 12.9. The fourth-order valence-electron chi connectivity index (χ4n) is 2.94. The van der Waals surface area contributed by atoms with Crippen LogP contribution in [0.25, 0.3) is 0 Å². The Labute approximate surface area is 121 Å². The number of para-hydroxylation sites is 1. The average Bonchev–Trinajstić information content (AvgIpc) is 2.88. The normalized spacial score (nSPS) is 22.5. The van der Waals surface area contributed by atoms with Gasteiger partial charge >= 0.3 is 0 Å². The van der Waals surface area contributed by atoms with Crippen molar-refractivity contribution in [2.24, 2.45) is 11.3 Å². The molecule has 1 atom stereocenters. The molecule has 0 saturated carbocycles. The Morgan fingerprint density at radius 1 is 1.25 bits per heavy atom. The Hall–Kier alpha value is -1.35. The summed E-state index contributed by atoms with van der Waals surface area (Å²) in [5.41, 5.74) is 0.426. The van der Waals surface area contributed by atoms with Crippen molar-refractivity contribution in [3.05, 3.63) is 29.8 Å². The first-order valence-corrected chi connectivity index (χ1v) is 7.48. The van der Waals surface area contributed by atoms with Gasteiger partial charge in [0, 0.05) is 12.0 Å². The smallest absolute Gasteiger partial charge is 0.174 e. The number of hydrogen-bond acceptors (Lipinski definition) is 3. The fourth-order valence-corrected chi connectivity index (χ4v) is 2.94. The van der Waals surface area contributed by atoms with E-state index in [2.05, 4.69) is 19.2 Å². The van der Waals surface area contributed by atoms with Crippen LogP contribution in [-0.2, 0) is 0 Å². The molecule has 1 aromatic carbocycles.